The summed E-state index contributed by atoms with van der Waals surface area (Å²) in [6.07, 6.45) is 4.77. The van der Waals surface area contributed by atoms with Crippen LogP contribution in [0.1, 0.15) is 16.2 Å². The third-order valence-corrected chi connectivity index (χ3v) is 3.31. The van der Waals surface area contributed by atoms with Crippen LogP contribution < -0.4 is 0 Å². The normalized spacial score (nSPS) is 10.9. The minimum atomic E-state index is -0.978. The molecule has 0 bridgehead atoms. The molecule has 1 N–H and O–H groups in total. The van der Waals surface area contributed by atoms with Crippen LogP contribution in [0.15, 0.2) is 30.9 Å². The van der Waals surface area contributed by atoms with Crippen molar-refractivity contribution in [2.45, 2.75) is 6.92 Å². The monoisotopic (exact) mass is 268 g/mol. The van der Waals surface area contributed by atoms with E-state index in [1.165, 1.54) is 6.33 Å². The summed E-state index contributed by atoms with van der Waals surface area (Å²) in [7, 11) is 1.90. The standard InChI is InChI=1S/C14H12N4O2/c1-8-17-12-4-9(14(19)20)3-11(13(12)18(8)2)10-5-15-7-16-6-10/h3-7H,1-2H3,(H,19,20). The molecule has 0 unspecified atom stereocenters. The van der Waals surface area contributed by atoms with Gasteiger partial charge in [0.25, 0.3) is 0 Å². The van der Waals surface area contributed by atoms with Crippen molar-refractivity contribution in [1.82, 2.24) is 19.5 Å². The first-order valence-corrected chi connectivity index (χ1v) is 6.03. The van der Waals surface area contributed by atoms with Gasteiger partial charge in [0.2, 0.25) is 0 Å². The number of aromatic nitrogens is 4. The number of imidazole rings is 1. The number of aryl methyl sites for hydroxylation is 2. The number of benzene rings is 1. The SMILES string of the molecule is Cc1nc2cc(C(=O)O)cc(-c3cncnc3)c2n1C. The molecular formula is C14H12N4O2. The quantitative estimate of drug-likeness (QED) is 0.769. The second-order valence-electron chi connectivity index (χ2n) is 4.54. The fourth-order valence-electron chi connectivity index (χ4n) is 2.25. The summed E-state index contributed by atoms with van der Waals surface area (Å²) in [4.78, 5) is 23.6. The van der Waals surface area contributed by atoms with E-state index >= 15 is 0 Å². The van der Waals surface area contributed by atoms with Gasteiger partial charge in [0, 0.05) is 30.6 Å². The Kier molecular flexibility index (Phi) is 2.71. The van der Waals surface area contributed by atoms with Gasteiger partial charge in [-0.15, -0.1) is 0 Å². The summed E-state index contributed by atoms with van der Waals surface area (Å²) in [5.74, 6) is -0.158. The highest BCUT2D eigenvalue weighted by atomic mass is 16.4. The molecule has 20 heavy (non-hydrogen) atoms. The molecule has 0 radical (unpaired) electrons. The number of rotatable bonds is 2. The molecule has 0 aliphatic rings. The smallest absolute Gasteiger partial charge is 0.335 e. The Labute approximate surface area is 114 Å². The van der Waals surface area contributed by atoms with E-state index in [2.05, 4.69) is 15.0 Å². The van der Waals surface area contributed by atoms with Crippen molar-refractivity contribution in [3.63, 3.8) is 0 Å². The van der Waals surface area contributed by atoms with E-state index in [0.717, 1.165) is 22.5 Å². The van der Waals surface area contributed by atoms with Gasteiger partial charge in [-0.1, -0.05) is 0 Å². The largest absolute Gasteiger partial charge is 0.478 e. The van der Waals surface area contributed by atoms with Crippen LogP contribution in [-0.4, -0.2) is 30.6 Å². The molecule has 100 valence electrons. The molecule has 6 heteroatoms. The molecule has 0 spiro atoms. The summed E-state index contributed by atoms with van der Waals surface area (Å²) >= 11 is 0. The van der Waals surface area contributed by atoms with Gasteiger partial charge in [-0.25, -0.2) is 19.7 Å². The van der Waals surface area contributed by atoms with Crippen LogP contribution in [0.3, 0.4) is 0 Å². The van der Waals surface area contributed by atoms with Gasteiger partial charge in [0.1, 0.15) is 12.2 Å². The highest BCUT2D eigenvalue weighted by Crippen LogP contribution is 2.29. The van der Waals surface area contributed by atoms with E-state index in [4.69, 9.17) is 0 Å². The van der Waals surface area contributed by atoms with Gasteiger partial charge in [-0.2, -0.15) is 0 Å². The van der Waals surface area contributed by atoms with Crippen LogP contribution in [0.4, 0.5) is 0 Å². The summed E-state index contributed by atoms with van der Waals surface area (Å²) in [5.41, 5.74) is 3.27. The van der Waals surface area contributed by atoms with Crippen molar-refractivity contribution < 1.29 is 9.90 Å². The van der Waals surface area contributed by atoms with Crippen LogP contribution in [0, 0.1) is 6.92 Å². The predicted molar refractivity (Wildman–Crippen MR) is 73.4 cm³/mol. The molecule has 0 aliphatic carbocycles. The van der Waals surface area contributed by atoms with E-state index in [-0.39, 0.29) is 5.56 Å². The number of fused-ring (bicyclic) bond motifs is 1. The topological polar surface area (TPSA) is 80.9 Å². The minimum Gasteiger partial charge on any atom is -0.478 e. The van der Waals surface area contributed by atoms with Crippen molar-refractivity contribution >= 4 is 17.0 Å². The van der Waals surface area contributed by atoms with Crippen LogP contribution in [0.5, 0.6) is 0 Å². The molecule has 1 aromatic carbocycles. The maximum Gasteiger partial charge on any atom is 0.335 e. The number of carbonyl (C=O) groups is 1. The van der Waals surface area contributed by atoms with Gasteiger partial charge < -0.3 is 9.67 Å². The van der Waals surface area contributed by atoms with E-state index in [1.54, 1.807) is 24.5 Å². The van der Waals surface area contributed by atoms with E-state index in [9.17, 15) is 9.90 Å². The number of hydrogen-bond donors (Lipinski definition) is 1. The average molecular weight is 268 g/mol. The lowest BCUT2D eigenvalue weighted by Crippen LogP contribution is -1.99. The lowest BCUT2D eigenvalue weighted by molar-refractivity contribution is 0.0697. The number of carboxylic acid groups (broad SMARTS) is 1. The minimum absolute atomic E-state index is 0.203. The zero-order valence-electron chi connectivity index (χ0n) is 11.0. The summed E-state index contributed by atoms with van der Waals surface area (Å²) in [6.45, 7) is 1.88. The lowest BCUT2D eigenvalue weighted by Gasteiger charge is -2.07. The first kappa shape index (κ1) is 12.3. The molecule has 0 saturated heterocycles. The number of aromatic carboxylic acids is 1. The highest BCUT2D eigenvalue weighted by molar-refractivity contribution is 6.00. The van der Waals surface area contributed by atoms with Crippen molar-refractivity contribution in [3.05, 3.63) is 42.2 Å². The Morgan fingerprint density at radius 3 is 2.60 bits per heavy atom. The van der Waals surface area contributed by atoms with Crippen LogP contribution >= 0.6 is 0 Å². The molecule has 3 rings (SSSR count). The van der Waals surface area contributed by atoms with Crippen molar-refractivity contribution in [3.8, 4) is 11.1 Å². The molecule has 0 saturated carbocycles. The molecule has 0 fully saturated rings. The summed E-state index contributed by atoms with van der Waals surface area (Å²) in [5, 5.41) is 9.23. The van der Waals surface area contributed by atoms with Crippen LogP contribution in [-0.2, 0) is 7.05 Å². The van der Waals surface area contributed by atoms with Crippen LogP contribution in [0.25, 0.3) is 22.2 Å². The first-order valence-electron chi connectivity index (χ1n) is 6.03. The molecule has 2 heterocycles. The number of carboxylic acids is 1. The molecule has 0 atom stereocenters. The fourth-order valence-corrected chi connectivity index (χ4v) is 2.25. The maximum absolute atomic E-state index is 11.3. The molecular weight excluding hydrogens is 256 g/mol. The zero-order valence-corrected chi connectivity index (χ0v) is 11.0. The van der Waals surface area contributed by atoms with Gasteiger partial charge in [-0.05, 0) is 19.1 Å². The average Bonchev–Trinajstić information content (AvgIpc) is 2.74. The molecule has 0 aliphatic heterocycles. The number of nitrogens with zero attached hydrogens (tertiary/aromatic N) is 4. The molecule has 0 amide bonds. The third-order valence-electron chi connectivity index (χ3n) is 3.31. The first-order chi connectivity index (χ1) is 9.58. The predicted octanol–water partition coefficient (Wildman–Crippen LogP) is 2.04. The molecule has 2 aromatic heterocycles. The van der Waals surface area contributed by atoms with E-state index < -0.39 is 5.97 Å². The van der Waals surface area contributed by atoms with E-state index in [0.29, 0.717) is 5.52 Å². The summed E-state index contributed by atoms with van der Waals surface area (Å²) in [6, 6.07) is 3.21. The Morgan fingerprint density at radius 1 is 1.25 bits per heavy atom. The third kappa shape index (κ3) is 1.82. The Morgan fingerprint density at radius 2 is 1.95 bits per heavy atom. The second kappa shape index (κ2) is 4.41. The Hall–Kier alpha value is -2.76. The number of hydrogen-bond acceptors (Lipinski definition) is 4. The molecule has 6 nitrogen and oxygen atoms in total. The molecule has 3 aromatic rings. The van der Waals surface area contributed by atoms with Crippen LogP contribution in [0.2, 0.25) is 0 Å². The van der Waals surface area contributed by atoms with E-state index in [1.807, 2.05) is 18.5 Å². The van der Waals surface area contributed by atoms with Crippen molar-refractivity contribution in [1.29, 1.82) is 0 Å². The lowest BCUT2D eigenvalue weighted by atomic mass is 10.0. The van der Waals surface area contributed by atoms with Gasteiger partial charge in [-0.3, -0.25) is 0 Å². The highest BCUT2D eigenvalue weighted by Gasteiger charge is 2.15. The maximum atomic E-state index is 11.3. The van der Waals surface area contributed by atoms with Crippen molar-refractivity contribution in [2.75, 3.05) is 0 Å². The second-order valence-corrected chi connectivity index (χ2v) is 4.54. The fraction of sp³-hybridized carbons (Fsp3) is 0.143. The van der Waals surface area contributed by atoms with Gasteiger partial charge in [0.05, 0.1) is 16.6 Å². The Bertz CT molecular complexity index is 809. The van der Waals surface area contributed by atoms with Gasteiger partial charge in [0.15, 0.2) is 0 Å². The van der Waals surface area contributed by atoms with Crippen molar-refractivity contribution in [2.24, 2.45) is 7.05 Å². The zero-order chi connectivity index (χ0) is 14.3. The summed E-state index contributed by atoms with van der Waals surface area (Å²) < 4.78 is 1.93. The van der Waals surface area contributed by atoms with Gasteiger partial charge >= 0.3 is 5.97 Å². The Balaban J connectivity index is 2.41.